The molecule has 2 aromatic rings. The zero-order valence-electron chi connectivity index (χ0n) is 14.1. The van der Waals surface area contributed by atoms with Crippen LogP contribution >= 0.6 is 0 Å². The third-order valence-corrected chi connectivity index (χ3v) is 3.61. The largest absolute Gasteiger partial charge is 0.493 e. The van der Waals surface area contributed by atoms with Crippen molar-refractivity contribution in [3.05, 3.63) is 59.4 Å². The number of methoxy groups -OCH3 is 1. The lowest BCUT2D eigenvalue weighted by molar-refractivity contribution is 0.174. The Bertz CT molecular complexity index is 631. The number of hydrogen-bond acceptors (Lipinski definition) is 4. The summed E-state index contributed by atoms with van der Waals surface area (Å²) in [5, 5.41) is 13.3. The predicted octanol–water partition coefficient (Wildman–Crippen LogP) is 3.45. The molecule has 130 valence electrons. The van der Waals surface area contributed by atoms with Crippen LogP contribution in [0.4, 0.5) is 4.39 Å². The summed E-state index contributed by atoms with van der Waals surface area (Å²) in [7, 11) is 1.62. The van der Waals surface area contributed by atoms with Gasteiger partial charge in [-0.1, -0.05) is 25.1 Å². The monoisotopic (exact) mass is 333 g/mol. The van der Waals surface area contributed by atoms with Crippen molar-refractivity contribution in [2.75, 3.05) is 20.3 Å². The van der Waals surface area contributed by atoms with Crippen LogP contribution in [0.25, 0.3) is 0 Å². The smallest absolute Gasteiger partial charge is 0.161 e. The lowest BCUT2D eigenvalue weighted by Crippen LogP contribution is -2.21. The van der Waals surface area contributed by atoms with Gasteiger partial charge in [0.15, 0.2) is 11.5 Å². The first-order valence-electron chi connectivity index (χ1n) is 8.08. The second-order valence-electron chi connectivity index (χ2n) is 5.53. The first-order chi connectivity index (χ1) is 11.6. The molecular weight excluding hydrogens is 309 g/mol. The van der Waals surface area contributed by atoms with Gasteiger partial charge in [0.2, 0.25) is 0 Å². The van der Waals surface area contributed by atoms with Gasteiger partial charge in [0.05, 0.1) is 19.8 Å². The van der Waals surface area contributed by atoms with Crippen molar-refractivity contribution in [3.63, 3.8) is 0 Å². The Kier molecular flexibility index (Phi) is 7.03. The molecule has 24 heavy (non-hydrogen) atoms. The summed E-state index contributed by atoms with van der Waals surface area (Å²) in [6.07, 6.45) is 0.245. The van der Waals surface area contributed by atoms with Crippen LogP contribution in [0.2, 0.25) is 0 Å². The van der Waals surface area contributed by atoms with Crippen LogP contribution in [0, 0.1) is 5.82 Å². The molecule has 1 atom stereocenters. The van der Waals surface area contributed by atoms with Gasteiger partial charge in [0.1, 0.15) is 5.82 Å². The molecule has 1 unspecified atom stereocenters. The number of ether oxygens (including phenoxy) is 2. The fourth-order valence-electron chi connectivity index (χ4n) is 2.31. The first-order valence-corrected chi connectivity index (χ1v) is 8.08. The van der Waals surface area contributed by atoms with Gasteiger partial charge in [0, 0.05) is 13.1 Å². The Morgan fingerprint density at radius 2 is 1.88 bits per heavy atom. The van der Waals surface area contributed by atoms with E-state index in [1.807, 2.05) is 18.2 Å². The molecule has 0 spiro atoms. The Labute approximate surface area is 142 Å². The highest BCUT2D eigenvalue weighted by Gasteiger charge is 2.09. The van der Waals surface area contributed by atoms with Gasteiger partial charge in [-0.05, 0) is 41.8 Å². The zero-order chi connectivity index (χ0) is 17.4. The minimum absolute atomic E-state index is 0.309. The summed E-state index contributed by atoms with van der Waals surface area (Å²) < 4.78 is 23.9. The number of hydrogen-bond donors (Lipinski definition) is 2. The van der Waals surface area contributed by atoms with E-state index in [0.717, 1.165) is 17.7 Å². The molecule has 0 amide bonds. The van der Waals surface area contributed by atoms with Crippen molar-refractivity contribution in [2.45, 2.75) is 26.0 Å². The van der Waals surface area contributed by atoms with Gasteiger partial charge >= 0.3 is 0 Å². The summed E-state index contributed by atoms with van der Waals surface area (Å²) in [5.41, 5.74) is 1.72. The van der Waals surface area contributed by atoms with Crippen molar-refractivity contribution in [2.24, 2.45) is 0 Å². The average molecular weight is 333 g/mol. The molecule has 0 radical (unpaired) electrons. The van der Waals surface area contributed by atoms with Gasteiger partial charge < -0.3 is 19.9 Å². The van der Waals surface area contributed by atoms with Crippen LogP contribution in [-0.4, -0.2) is 25.4 Å². The van der Waals surface area contributed by atoms with Gasteiger partial charge in [-0.2, -0.15) is 0 Å². The molecule has 0 bridgehead atoms. The Balaban J connectivity index is 1.90. The highest BCUT2D eigenvalue weighted by molar-refractivity contribution is 5.43. The third kappa shape index (κ3) is 5.22. The number of aliphatic hydroxyl groups is 1. The summed E-state index contributed by atoms with van der Waals surface area (Å²) in [6, 6.07) is 11.6. The van der Waals surface area contributed by atoms with Crippen molar-refractivity contribution in [1.29, 1.82) is 0 Å². The van der Waals surface area contributed by atoms with E-state index in [2.05, 4.69) is 12.2 Å². The van der Waals surface area contributed by atoms with Crippen molar-refractivity contribution in [1.82, 2.24) is 5.32 Å². The molecule has 0 aliphatic carbocycles. The van der Waals surface area contributed by atoms with E-state index in [1.165, 1.54) is 12.1 Å². The summed E-state index contributed by atoms with van der Waals surface area (Å²) in [5.74, 6) is 1.12. The standard InChI is InChI=1S/C19H24FNO3/c1-3-10-24-19-11-14(4-9-18(19)23-2)12-21-13-17(22)15-5-7-16(20)8-6-15/h4-9,11,17,21-22H,3,10,12-13H2,1-2H3. The lowest BCUT2D eigenvalue weighted by Gasteiger charge is -2.14. The molecule has 5 heteroatoms. The molecule has 2 aromatic carbocycles. The molecule has 2 N–H and O–H groups in total. The summed E-state index contributed by atoms with van der Waals surface area (Å²) >= 11 is 0. The van der Waals surface area contributed by atoms with E-state index in [-0.39, 0.29) is 5.82 Å². The van der Waals surface area contributed by atoms with Crippen LogP contribution < -0.4 is 14.8 Å². The van der Waals surface area contributed by atoms with E-state index < -0.39 is 6.10 Å². The minimum atomic E-state index is -0.681. The molecule has 0 heterocycles. The highest BCUT2D eigenvalue weighted by atomic mass is 19.1. The average Bonchev–Trinajstić information content (AvgIpc) is 2.60. The molecule has 4 nitrogen and oxygen atoms in total. The third-order valence-electron chi connectivity index (χ3n) is 3.61. The van der Waals surface area contributed by atoms with Gasteiger partial charge in [-0.15, -0.1) is 0 Å². The molecular formula is C19H24FNO3. The van der Waals surface area contributed by atoms with Crippen molar-refractivity contribution in [3.8, 4) is 11.5 Å². The maximum absolute atomic E-state index is 12.9. The van der Waals surface area contributed by atoms with E-state index in [4.69, 9.17) is 9.47 Å². The first kappa shape index (κ1) is 18.2. The Morgan fingerprint density at radius 1 is 1.12 bits per heavy atom. The van der Waals surface area contributed by atoms with Crippen LogP contribution in [0.5, 0.6) is 11.5 Å². The second kappa shape index (κ2) is 9.25. The molecule has 0 aliphatic heterocycles. The van der Waals surface area contributed by atoms with Crippen molar-refractivity contribution < 1.29 is 19.0 Å². The van der Waals surface area contributed by atoms with Gasteiger partial charge in [0.25, 0.3) is 0 Å². The molecule has 0 aliphatic rings. The lowest BCUT2D eigenvalue weighted by atomic mass is 10.1. The normalized spacial score (nSPS) is 12.0. The zero-order valence-corrected chi connectivity index (χ0v) is 14.1. The summed E-state index contributed by atoms with van der Waals surface area (Å²) in [6.45, 7) is 3.65. The fourth-order valence-corrected chi connectivity index (χ4v) is 2.31. The van der Waals surface area contributed by atoms with Crippen LogP contribution in [0.1, 0.15) is 30.6 Å². The summed E-state index contributed by atoms with van der Waals surface area (Å²) in [4.78, 5) is 0. The van der Waals surface area contributed by atoms with E-state index in [0.29, 0.717) is 31.0 Å². The number of benzene rings is 2. The predicted molar refractivity (Wildman–Crippen MR) is 91.8 cm³/mol. The van der Waals surface area contributed by atoms with Crippen LogP contribution in [0.3, 0.4) is 0 Å². The molecule has 0 saturated heterocycles. The van der Waals surface area contributed by atoms with Gasteiger partial charge in [-0.3, -0.25) is 0 Å². The fraction of sp³-hybridized carbons (Fsp3) is 0.368. The molecule has 0 fully saturated rings. The maximum atomic E-state index is 12.9. The van der Waals surface area contributed by atoms with E-state index in [1.54, 1.807) is 19.2 Å². The van der Waals surface area contributed by atoms with Crippen LogP contribution in [-0.2, 0) is 6.54 Å². The Hall–Kier alpha value is -2.11. The number of halogens is 1. The quantitative estimate of drug-likeness (QED) is 0.738. The molecule has 0 saturated carbocycles. The van der Waals surface area contributed by atoms with E-state index >= 15 is 0 Å². The molecule has 0 aromatic heterocycles. The van der Waals surface area contributed by atoms with Crippen LogP contribution in [0.15, 0.2) is 42.5 Å². The number of rotatable bonds is 9. The number of nitrogens with one attached hydrogen (secondary N) is 1. The SMILES string of the molecule is CCCOc1cc(CNCC(O)c2ccc(F)cc2)ccc1OC. The molecule has 2 rings (SSSR count). The Morgan fingerprint density at radius 3 is 2.54 bits per heavy atom. The van der Waals surface area contributed by atoms with E-state index in [9.17, 15) is 9.50 Å². The van der Waals surface area contributed by atoms with Crippen molar-refractivity contribution >= 4 is 0 Å². The maximum Gasteiger partial charge on any atom is 0.161 e. The number of aliphatic hydroxyl groups excluding tert-OH is 1. The topological polar surface area (TPSA) is 50.7 Å². The van der Waals surface area contributed by atoms with Gasteiger partial charge in [-0.25, -0.2) is 4.39 Å². The highest BCUT2D eigenvalue weighted by Crippen LogP contribution is 2.28. The second-order valence-corrected chi connectivity index (χ2v) is 5.53. The minimum Gasteiger partial charge on any atom is -0.493 e.